The van der Waals surface area contributed by atoms with Crippen molar-refractivity contribution in [2.45, 2.75) is 64.8 Å². The maximum atomic E-state index is 12.7. The minimum absolute atomic E-state index is 0.130. The zero-order valence-corrected chi connectivity index (χ0v) is 14.1. The predicted octanol–water partition coefficient (Wildman–Crippen LogP) is 4.63. The van der Waals surface area contributed by atoms with Gasteiger partial charge in [-0.05, 0) is 41.9 Å². The third-order valence-electron chi connectivity index (χ3n) is 4.88. The maximum Gasteiger partial charge on any atom is 0.253 e. The largest absolute Gasteiger partial charge is 0.338 e. The fraction of sp³-hybridized carbons (Fsp3) is 0.632. The lowest BCUT2D eigenvalue weighted by Gasteiger charge is -2.36. The SMILES string of the molecule is CC1CCCCC1N(C)C(=O)c1ccc(C(C)(C)C)cc1. The summed E-state index contributed by atoms with van der Waals surface area (Å²) in [6.45, 7) is 8.86. The first-order valence-corrected chi connectivity index (χ1v) is 8.18. The van der Waals surface area contributed by atoms with Crippen molar-refractivity contribution in [3.8, 4) is 0 Å². The highest BCUT2D eigenvalue weighted by Crippen LogP contribution is 2.28. The van der Waals surface area contributed by atoms with Crippen molar-refractivity contribution in [2.75, 3.05) is 7.05 Å². The highest BCUT2D eigenvalue weighted by molar-refractivity contribution is 5.94. The molecule has 0 aliphatic heterocycles. The summed E-state index contributed by atoms with van der Waals surface area (Å²) < 4.78 is 0. The first-order chi connectivity index (χ1) is 9.80. The van der Waals surface area contributed by atoms with Crippen LogP contribution in [0.15, 0.2) is 24.3 Å². The van der Waals surface area contributed by atoms with E-state index >= 15 is 0 Å². The van der Waals surface area contributed by atoms with Crippen LogP contribution in [-0.4, -0.2) is 23.9 Å². The van der Waals surface area contributed by atoms with Crippen LogP contribution in [0.1, 0.15) is 69.3 Å². The lowest BCUT2D eigenvalue weighted by atomic mass is 9.84. The number of hydrogen-bond acceptors (Lipinski definition) is 1. The van der Waals surface area contributed by atoms with Crippen molar-refractivity contribution in [3.63, 3.8) is 0 Å². The highest BCUT2D eigenvalue weighted by Gasteiger charge is 2.28. The molecule has 116 valence electrons. The number of carbonyl (C=O) groups excluding carboxylic acids is 1. The number of benzene rings is 1. The van der Waals surface area contributed by atoms with Crippen molar-refractivity contribution in [3.05, 3.63) is 35.4 Å². The molecule has 2 heteroatoms. The molecule has 2 rings (SSSR count). The zero-order valence-electron chi connectivity index (χ0n) is 14.1. The molecule has 1 fully saturated rings. The fourth-order valence-electron chi connectivity index (χ4n) is 3.34. The van der Waals surface area contributed by atoms with E-state index in [-0.39, 0.29) is 11.3 Å². The van der Waals surface area contributed by atoms with Crippen molar-refractivity contribution in [2.24, 2.45) is 5.92 Å². The molecule has 0 aromatic heterocycles. The molecular weight excluding hydrogens is 258 g/mol. The molecule has 1 amide bonds. The molecule has 0 saturated heterocycles. The summed E-state index contributed by atoms with van der Waals surface area (Å²) in [7, 11) is 1.96. The van der Waals surface area contributed by atoms with E-state index in [0.29, 0.717) is 12.0 Å². The van der Waals surface area contributed by atoms with Crippen LogP contribution in [0, 0.1) is 5.92 Å². The van der Waals surface area contributed by atoms with E-state index in [2.05, 4.69) is 39.8 Å². The lowest BCUT2D eigenvalue weighted by Crippen LogP contribution is -2.42. The van der Waals surface area contributed by atoms with Gasteiger partial charge in [0.05, 0.1) is 0 Å². The van der Waals surface area contributed by atoms with E-state index in [1.807, 2.05) is 24.1 Å². The Hall–Kier alpha value is -1.31. The Balaban J connectivity index is 2.12. The molecule has 1 aromatic carbocycles. The van der Waals surface area contributed by atoms with E-state index in [9.17, 15) is 4.79 Å². The van der Waals surface area contributed by atoms with Gasteiger partial charge in [-0.25, -0.2) is 0 Å². The van der Waals surface area contributed by atoms with Gasteiger partial charge in [0.2, 0.25) is 0 Å². The van der Waals surface area contributed by atoms with Gasteiger partial charge in [0.25, 0.3) is 5.91 Å². The quantitative estimate of drug-likeness (QED) is 0.776. The summed E-state index contributed by atoms with van der Waals surface area (Å²) in [5.74, 6) is 0.774. The van der Waals surface area contributed by atoms with E-state index in [1.54, 1.807) is 0 Å². The van der Waals surface area contributed by atoms with Gasteiger partial charge < -0.3 is 4.90 Å². The molecule has 1 aromatic rings. The minimum atomic E-state index is 0.130. The van der Waals surface area contributed by atoms with Gasteiger partial charge in [-0.2, -0.15) is 0 Å². The number of nitrogens with zero attached hydrogens (tertiary/aromatic N) is 1. The van der Waals surface area contributed by atoms with Gasteiger partial charge in [-0.3, -0.25) is 4.79 Å². The zero-order chi connectivity index (χ0) is 15.6. The third kappa shape index (κ3) is 3.66. The van der Waals surface area contributed by atoms with Crippen LogP contribution in [0.3, 0.4) is 0 Å². The molecule has 2 nitrogen and oxygen atoms in total. The van der Waals surface area contributed by atoms with Gasteiger partial charge in [-0.1, -0.05) is 52.7 Å². The Morgan fingerprint density at radius 3 is 2.19 bits per heavy atom. The second-order valence-electron chi connectivity index (χ2n) is 7.57. The minimum Gasteiger partial charge on any atom is -0.338 e. The molecule has 1 saturated carbocycles. The monoisotopic (exact) mass is 287 g/mol. The topological polar surface area (TPSA) is 20.3 Å². The van der Waals surface area contributed by atoms with Crippen LogP contribution in [0.4, 0.5) is 0 Å². The Kier molecular flexibility index (Phi) is 4.75. The van der Waals surface area contributed by atoms with Crippen LogP contribution < -0.4 is 0 Å². The Labute approximate surface area is 129 Å². The van der Waals surface area contributed by atoms with E-state index in [1.165, 1.54) is 24.8 Å². The van der Waals surface area contributed by atoms with Crippen LogP contribution in [0.25, 0.3) is 0 Å². The standard InChI is InChI=1S/C19H29NO/c1-14-8-6-7-9-17(14)20(5)18(21)15-10-12-16(13-11-15)19(2,3)4/h10-14,17H,6-9H2,1-5H3. The van der Waals surface area contributed by atoms with Gasteiger partial charge in [0.1, 0.15) is 0 Å². The first-order valence-electron chi connectivity index (χ1n) is 8.18. The molecule has 1 aliphatic rings. The molecule has 0 heterocycles. The predicted molar refractivity (Wildman–Crippen MR) is 88.7 cm³/mol. The summed E-state index contributed by atoms with van der Waals surface area (Å²) in [4.78, 5) is 14.6. The van der Waals surface area contributed by atoms with E-state index in [4.69, 9.17) is 0 Å². The van der Waals surface area contributed by atoms with E-state index in [0.717, 1.165) is 12.0 Å². The molecule has 2 unspecified atom stereocenters. The normalized spacial score (nSPS) is 22.9. The molecule has 0 radical (unpaired) electrons. The summed E-state index contributed by atoms with van der Waals surface area (Å²) in [6.07, 6.45) is 4.93. The van der Waals surface area contributed by atoms with Crippen molar-refractivity contribution >= 4 is 5.91 Å². The number of hydrogen-bond donors (Lipinski definition) is 0. The molecule has 0 spiro atoms. The van der Waals surface area contributed by atoms with Gasteiger partial charge >= 0.3 is 0 Å². The number of amides is 1. The smallest absolute Gasteiger partial charge is 0.253 e. The molecular formula is C19H29NO. The summed E-state index contributed by atoms with van der Waals surface area (Å²) >= 11 is 0. The van der Waals surface area contributed by atoms with Crippen molar-refractivity contribution in [1.82, 2.24) is 4.90 Å². The second-order valence-corrected chi connectivity index (χ2v) is 7.57. The molecule has 0 bridgehead atoms. The Morgan fingerprint density at radius 1 is 1.10 bits per heavy atom. The second kappa shape index (κ2) is 6.21. The Bertz CT molecular complexity index is 483. The molecule has 2 atom stereocenters. The summed E-state index contributed by atoms with van der Waals surface area (Å²) in [5, 5.41) is 0. The molecule has 1 aliphatic carbocycles. The van der Waals surface area contributed by atoms with Gasteiger partial charge in [-0.15, -0.1) is 0 Å². The van der Waals surface area contributed by atoms with Crippen molar-refractivity contribution < 1.29 is 4.79 Å². The lowest BCUT2D eigenvalue weighted by molar-refractivity contribution is 0.0629. The van der Waals surface area contributed by atoms with Crippen LogP contribution in [0.5, 0.6) is 0 Å². The Morgan fingerprint density at radius 2 is 1.67 bits per heavy atom. The highest BCUT2D eigenvalue weighted by atomic mass is 16.2. The average molecular weight is 287 g/mol. The number of rotatable bonds is 2. The molecule has 21 heavy (non-hydrogen) atoms. The van der Waals surface area contributed by atoms with Crippen molar-refractivity contribution in [1.29, 1.82) is 0 Å². The maximum absolute atomic E-state index is 12.7. The summed E-state index contributed by atoms with van der Waals surface area (Å²) in [6, 6.07) is 8.53. The van der Waals surface area contributed by atoms with E-state index < -0.39 is 0 Å². The summed E-state index contributed by atoms with van der Waals surface area (Å²) in [5.41, 5.74) is 2.21. The van der Waals surface area contributed by atoms with Gasteiger partial charge in [0, 0.05) is 18.7 Å². The third-order valence-corrected chi connectivity index (χ3v) is 4.88. The number of carbonyl (C=O) groups is 1. The fourth-order valence-corrected chi connectivity index (χ4v) is 3.34. The van der Waals surface area contributed by atoms with Crippen LogP contribution in [0.2, 0.25) is 0 Å². The average Bonchev–Trinajstić information content (AvgIpc) is 2.45. The van der Waals surface area contributed by atoms with Gasteiger partial charge in [0.15, 0.2) is 0 Å². The molecule has 0 N–H and O–H groups in total. The first kappa shape index (κ1) is 16.1. The van der Waals surface area contributed by atoms with Crippen LogP contribution in [-0.2, 0) is 5.41 Å². The van der Waals surface area contributed by atoms with Crippen LogP contribution >= 0.6 is 0 Å².